The lowest BCUT2D eigenvalue weighted by atomic mass is 9.73. The fourth-order valence-electron chi connectivity index (χ4n) is 6.48. The fourth-order valence-corrected chi connectivity index (χ4v) is 6.48. The van der Waals surface area contributed by atoms with Crippen LogP contribution in [-0.2, 0) is 5.41 Å². The van der Waals surface area contributed by atoms with Gasteiger partial charge in [0.25, 0.3) is 0 Å². The second kappa shape index (κ2) is 8.49. The lowest BCUT2D eigenvalue weighted by Gasteiger charge is -2.45. The topological polar surface area (TPSA) is 15.7 Å². The molecule has 192 valence electrons. The van der Waals surface area contributed by atoms with Gasteiger partial charge in [-0.25, -0.2) is 0 Å². The summed E-state index contributed by atoms with van der Waals surface area (Å²) in [7, 11) is 0. The molecule has 2 aliphatic heterocycles. The van der Waals surface area contributed by atoms with E-state index in [0.29, 0.717) is 0 Å². The molecule has 0 radical (unpaired) electrons. The Balaban J connectivity index is 1.43. The maximum absolute atomic E-state index is 6.60. The second-order valence-electron chi connectivity index (χ2n) is 11.1. The molecule has 0 bridgehead atoms. The van der Waals surface area contributed by atoms with E-state index >= 15 is 0 Å². The van der Waals surface area contributed by atoms with Crippen molar-refractivity contribution in [1.82, 2.24) is 0 Å². The number of hydrogen-bond acceptors (Lipinski definition) is 3. The van der Waals surface area contributed by atoms with Gasteiger partial charge in [-0.15, -0.1) is 0 Å². The van der Waals surface area contributed by atoms with Crippen molar-refractivity contribution < 1.29 is 4.74 Å². The van der Waals surface area contributed by atoms with Crippen LogP contribution in [-0.4, -0.2) is 0 Å². The van der Waals surface area contributed by atoms with Crippen LogP contribution in [0.4, 0.5) is 34.1 Å². The Morgan fingerprint density at radius 1 is 0.550 bits per heavy atom. The van der Waals surface area contributed by atoms with Crippen molar-refractivity contribution in [1.29, 1.82) is 0 Å². The second-order valence-corrected chi connectivity index (χ2v) is 11.1. The Bertz CT molecular complexity index is 1870. The minimum atomic E-state index is -0.203. The molecule has 0 amide bonds. The third kappa shape index (κ3) is 3.24. The van der Waals surface area contributed by atoms with Gasteiger partial charge >= 0.3 is 0 Å². The molecule has 0 N–H and O–H groups in total. The Labute approximate surface area is 234 Å². The van der Waals surface area contributed by atoms with Crippen molar-refractivity contribution >= 4 is 44.9 Å². The number of anilines is 6. The van der Waals surface area contributed by atoms with Crippen LogP contribution in [0, 0.1) is 0 Å². The maximum atomic E-state index is 6.60. The van der Waals surface area contributed by atoms with Gasteiger partial charge < -0.3 is 14.5 Å². The Kier molecular flexibility index (Phi) is 4.86. The highest BCUT2D eigenvalue weighted by atomic mass is 16.5. The first kappa shape index (κ1) is 22.9. The Hall–Kier alpha value is -5.02. The third-order valence-corrected chi connectivity index (χ3v) is 8.39. The van der Waals surface area contributed by atoms with Crippen LogP contribution < -0.4 is 14.5 Å². The Morgan fingerprint density at radius 3 is 1.98 bits per heavy atom. The molecule has 0 fully saturated rings. The van der Waals surface area contributed by atoms with Crippen LogP contribution in [0.25, 0.3) is 10.8 Å². The van der Waals surface area contributed by atoms with Crippen molar-refractivity contribution in [3.8, 4) is 11.5 Å². The van der Waals surface area contributed by atoms with E-state index in [-0.39, 0.29) is 5.41 Å². The summed E-state index contributed by atoms with van der Waals surface area (Å²) in [5, 5.41) is 2.38. The van der Waals surface area contributed by atoms with Gasteiger partial charge in [0.2, 0.25) is 0 Å². The van der Waals surface area contributed by atoms with Crippen molar-refractivity contribution in [2.75, 3.05) is 9.80 Å². The van der Waals surface area contributed by atoms with Crippen LogP contribution in [0.2, 0.25) is 0 Å². The number of ether oxygens (including phenoxy) is 1. The monoisotopic (exact) mass is 516 g/mol. The van der Waals surface area contributed by atoms with Gasteiger partial charge in [0.15, 0.2) is 11.5 Å². The summed E-state index contributed by atoms with van der Waals surface area (Å²) in [6.45, 7) is 4.65. The molecule has 0 atom stereocenters. The normalized spacial score (nSPS) is 14.1. The lowest BCUT2D eigenvalue weighted by molar-refractivity contribution is 0.472. The van der Waals surface area contributed by atoms with Crippen LogP contribution in [0.5, 0.6) is 11.5 Å². The summed E-state index contributed by atoms with van der Waals surface area (Å²) in [6, 6.07) is 47.4. The predicted molar refractivity (Wildman–Crippen MR) is 166 cm³/mol. The molecule has 40 heavy (non-hydrogen) atoms. The average molecular weight is 517 g/mol. The molecule has 6 aromatic rings. The smallest absolute Gasteiger partial charge is 0.152 e. The first-order chi connectivity index (χ1) is 19.6. The van der Waals surface area contributed by atoms with Gasteiger partial charge in [-0.05, 0) is 65.0 Å². The van der Waals surface area contributed by atoms with Gasteiger partial charge in [0.05, 0.1) is 17.1 Å². The van der Waals surface area contributed by atoms with Crippen LogP contribution in [0.3, 0.4) is 0 Å². The molecule has 8 rings (SSSR count). The van der Waals surface area contributed by atoms with E-state index < -0.39 is 0 Å². The van der Waals surface area contributed by atoms with E-state index in [0.717, 1.165) is 39.9 Å². The first-order valence-electron chi connectivity index (χ1n) is 13.8. The number of hydrogen-bond donors (Lipinski definition) is 0. The standard InChI is InChI=1S/C37H28N2O/c1-37(2)30-22-21-28(38(26-13-5-3-6-14-26)27-15-7-4-8-16-27)24-32(30)39-35-29-17-10-9-12-25(29)20-23-34(35)40-33-19-11-18-31(37)36(33)39/h3-24H,1-2H3. The third-order valence-electron chi connectivity index (χ3n) is 8.39. The Morgan fingerprint density at radius 2 is 1.23 bits per heavy atom. The van der Waals surface area contributed by atoms with Gasteiger partial charge in [-0.2, -0.15) is 0 Å². The molecule has 2 aliphatic rings. The summed E-state index contributed by atoms with van der Waals surface area (Å²) in [6.07, 6.45) is 0. The fraction of sp³-hybridized carbons (Fsp3) is 0.0811. The number of para-hydroxylation sites is 3. The van der Waals surface area contributed by atoms with Gasteiger partial charge in [-0.3, -0.25) is 0 Å². The van der Waals surface area contributed by atoms with E-state index in [1.54, 1.807) is 0 Å². The predicted octanol–water partition coefficient (Wildman–Crippen LogP) is 10.5. The molecule has 3 heteroatoms. The number of nitrogens with zero attached hydrogens (tertiary/aromatic N) is 2. The zero-order valence-electron chi connectivity index (χ0n) is 22.5. The van der Waals surface area contributed by atoms with Gasteiger partial charge in [-0.1, -0.05) is 98.8 Å². The molecule has 0 aliphatic carbocycles. The van der Waals surface area contributed by atoms with Crippen molar-refractivity contribution in [2.45, 2.75) is 19.3 Å². The lowest BCUT2D eigenvalue weighted by Crippen LogP contribution is -2.32. The minimum Gasteiger partial charge on any atom is -0.453 e. The maximum Gasteiger partial charge on any atom is 0.152 e. The molecular formula is C37H28N2O. The van der Waals surface area contributed by atoms with Crippen molar-refractivity contribution in [3.05, 3.63) is 145 Å². The first-order valence-corrected chi connectivity index (χ1v) is 13.8. The highest BCUT2D eigenvalue weighted by Gasteiger charge is 2.42. The van der Waals surface area contributed by atoms with E-state index in [9.17, 15) is 0 Å². The van der Waals surface area contributed by atoms with Crippen LogP contribution >= 0.6 is 0 Å². The summed E-state index contributed by atoms with van der Waals surface area (Å²) in [5.41, 5.74) is 9.13. The molecule has 0 spiro atoms. The van der Waals surface area contributed by atoms with E-state index in [2.05, 4.69) is 157 Å². The highest BCUT2D eigenvalue weighted by molar-refractivity contribution is 6.06. The summed E-state index contributed by atoms with van der Waals surface area (Å²) >= 11 is 0. The number of fused-ring (bicyclic) bond motifs is 6. The molecule has 2 heterocycles. The quantitative estimate of drug-likeness (QED) is 0.232. The van der Waals surface area contributed by atoms with Gasteiger partial charge in [0.1, 0.15) is 0 Å². The SMILES string of the molecule is CC1(C)c2ccc(N(c3ccccc3)c3ccccc3)cc2N2c3c(cccc31)Oc1ccc3ccccc3c12. The molecule has 0 saturated carbocycles. The summed E-state index contributed by atoms with van der Waals surface area (Å²) in [5.74, 6) is 1.77. The van der Waals surface area contributed by atoms with Crippen LogP contribution in [0.15, 0.2) is 133 Å². The van der Waals surface area contributed by atoms with E-state index in [1.165, 1.54) is 27.6 Å². The molecular weight excluding hydrogens is 488 g/mol. The molecule has 6 aromatic carbocycles. The number of rotatable bonds is 3. The summed E-state index contributed by atoms with van der Waals surface area (Å²) < 4.78 is 6.60. The molecule has 0 unspecified atom stereocenters. The van der Waals surface area contributed by atoms with Crippen molar-refractivity contribution in [3.63, 3.8) is 0 Å². The zero-order chi connectivity index (χ0) is 26.8. The van der Waals surface area contributed by atoms with Crippen molar-refractivity contribution in [2.24, 2.45) is 0 Å². The highest BCUT2D eigenvalue weighted by Crippen LogP contribution is 2.61. The largest absolute Gasteiger partial charge is 0.453 e. The van der Waals surface area contributed by atoms with E-state index in [4.69, 9.17) is 4.74 Å². The molecule has 3 nitrogen and oxygen atoms in total. The zero-order valence-corrected chi connectivity index (χ0v) is 22.5. The molecule has 0 saturated heterocycles. The van der Waals surface area contributed by atoms with Crippen LogP contribution in [0.1, 0.15) is 25.0 Å². The minimum absolute atomic E-state index is 0.203. The summed E-state index contributed by atoms with van der Waals surface area (Å²) in [4.78, 5) is 4.78. The average Bonchev–Trinajstić information content (AvgIpc) is 3.00. The number of benzene rings is 6. The van der Waals surface area contributed by atoms with E-state index in [1.807, 2.05) is 0 Å². The molecule has 0 aromatic heterocycles. The van der Waals surface area contributed by atoms with Gasteiger partial charge in [0, 0.05) is 27.9 Å².